The molecular weight excluding hydrogens is 372 g/mol. The number of para-hydroxylation sites is 1. The van der Waals surface area contributed by atoms with Crippen LogP contribution in [0.25, 0.3) is 0 Å². The maximum Gasteiger partial charge on any atom is 0.335 e. The Labute approximate surface area is 159 Å². The molecule has 136 valence electrons. The second-order valence-corrected chi connectivity index (χ2v) is 5.84. The lowest BCUT2D eigenvalue weighted by Crippen LogP contribution is -1.98. The third-order valence-electron chi connectivity index (χ3n) is 3.54. The first-order valence-corrected chi connectivity index (χ1v) is 8.13. The second-order valence-electron chi connectivity index (χ2n) is 5.44. The maximum absolute atomic E-state index is 11.1. The van der Waals surface area contributed by atoms with E-state index in [-0.39, 0.29) is 33.4 Å². The van der Waals surface area contributed by atoms with Gasteiger partial charge in [0.25, 0.3) is 0 Å². The van der Waals surface area contributed by atoms with E-state index in [0.29, 0.717) is 5.75 Å². The molecule has 3 aromatic rings. The van der Waals surface area contributed by atoms with E-state index >= 15 is 0 Å². The normalized spacial score (nSPS) is 10.3. The molecule has 0 spiro atoms. The zero-order valence-electron chi connectivity index (χ0n) is 13.8. The van der Waals surface area contributed by atoms with E-state index in [1.54, 1.807) is 42.5 Å². The van der Waals surface area contributed by atoms with Gasteiger partial charge in [0.15, 0.2) is 11.5 Å². The van der Waals surface area contributed by atoms with Crippen molar-refractivity contribution in [2.45, 2.75) is 0 Å². The molecule has 0 aliphatic carbocycles. The van der Waals surface area contributed by atoms with E-state index < -0.39 is 11.9 Å². The van der Waals surface area contributed by atoms with Gasteiger partial charge in [0.1, 0.15) is 11.5 Å². The van der Waals surface area contributed by atoms with E-state index in [4.69, 9.17) is 31.3 Å². The van der Waals surface area contributed by atoms with Gasteiger partial charge >= 0.3 is 11.9 Å². The lowest BCUT2D eigenvalue weighted by Gasteiger charge is -2.14. The molecule has 0 aliphatic rings. The fourth-order valence-electron chi connectivity index (χ4n) is 2.30. The molecule has 0 saturated heterocycles. The van der Waals surface area contributed by atoms with Gasteiger partial charge in [0.05, 0.1) is 16.1 Å². The van der Waals surface area contributed by atoms with Gasteiger partial charge in [0, 0.05) is 0 Å². The first-order chi connectivity index (χ1) is 12.9. The number of carboxylic acid groups (broad SMARTS) is 2. The predicted molar refractivity (Wildman–Crippen MR) is 98.4 cm³/mol. The van der Waals surface area contributed by atoms with Crippen molar-refractivity contribution >= 4 is 23.5 Å². The summed E-state index contributed by atoms with van der Waals surface area (Å²) in [6.07, 6.45) is 0. The van der Waals surface area contributed by atoms with Crippen LogP contribution >= 0.6 is 11.6 Å². The molecule has 0 unspecified atom stereocenters. The van der Waals surface area contributed by atoms with Crippen molar-refractivity contribution < 1.29 is 29.3 Å². The fraction of sp³-hybridized carbons (Fsp3) is 0. The molecule has 0 aliphatic heterocycles. The third-order valence-corrected chi connectivity index (χ3v) is 3.84. The monoisotopic (exact) mass is 384 g/mol. The molecule has 0 saturated carbocycles. The summed E-state index contributed by atoms with van der Waals surface area (Å²) >= 11 is 6.21. The second kappa shape index (κ2) is 7.80. The standard InChI is InChI=1S/C20H13ClO6/c21-16-8-3-9-17(26-14-6-1-4-12(10-14)19(22)23)18(16)27-15-7-2-5-13(11-15)20(24)25/h1-11H,(H,22,23)(H,24,25). The summed E-state index contributed by atoms with van der Waals surface area (Å²) in [5, 5.41) is 18.4. The van der Waals surface area contributed by atoms with Gasteiger partial charge in [-0.2, -0.15) is 0 Å². The average molecular weight is 385 g/mol. The summed E-state index contributed by atoms with van der Waals surface area (Å²) in [4.78, 5) is 22.2. The van der Waals surface area contributed by atoms with Crippen molar-refractivity contribution in [2.75, 3.05) is 0 Å². The number of benzene rings is 3. The highest BCUT2D eigenvalue weighted by molar-refractivity contribution is 6.32. The average Bonchev–Trinajstić information content (AvgIpc) is 2.65. The zero-order valence-corrected chi connectivity index (χ0v) is 14.5. The Morgan fingerprint density at radius 2 is 1.26 bits per heavy atom. The van der Waals surface area contributed by atoms with Gasteiger partial charge in [-0.25, -0.2) is 9.59 Å². The number of carboxylic acids is 2. The topological polar surface area (TPSA) is 93.1 Å². The van der Waals surface area contributed by atoms with Gasteiger partial charge in [-0.05, 0) is 48.5 Å². The number of rotatable bonds is 6. The molecule has 2 N–H and O–H groups in total. The van der Waals surface area contributed by atoms with Crippen LogP contribution < -0.4 is 9.47 Å². The van der Waals surface area contributed by atoms with Crippen LogP contribution in [0, 0.1) is 0 Å². The van der Waals surface area contributed by atoms with Crippen LogP contribution in [-0.4, -0.2) is 22.2 Å². The highest BCUT2D eigenvalue weighted by Gasteiger charge is 2.14. The number of carbonyl (C=O) groups is 2. The molecule has 0 aromatic heterocycles. The molecule has 0 atom stereocenters. The summed E-state index contributed by atoms with van der Waals surface area (Å²) in [5.41, 5.74) is 0.141. The summed E-state index contributed by atoms with van der Waals surface area (Å²) in [7, 11) is 0. The summed E-state index contributed by atoms with van der Waals surface area (Å²) in [6, 6.07) is 16.8. The molecule has 0 heterocycles. The Morgan fingerprint density at radius 1 is 0.741 bits per heavy atom. The van der Waals surface area contributed by atoms with Crippen molar-refractivity contribution in [1.82, 2.24) is 0 Å². The van der Waals surface area contributed by atoms with Crippen molar-refractivity contribution in [3.8, 4) is 23.0 Å². The van der Waals surface area contributed by atoms with Crippen LogP contribution in [0.15, 0.2) is 66.7 Å². The minimum absolute atomic E-state index is 0.0659. The SMILES string of the molecule is O=C(O)c1cccc(Oc2cccc(Cl)c2Oc2cccc(C(=O)O)c2)c1. The van der Waals surface area contributed by atoms with Gasteiger partial charge in [-0.1, -0.05) is 29.8 Å². The number of halogens is 1. The van der Waals surface area contributed by atoms with Crippen molar-refractivity contribution in [1.29, 1.82) is 0 Å². The molecule has 7 heteroatoms. The Bertz CT molecular complexity index is 1010. The highest BCUT2D eigenvalue weighted by atomic mass is 35.5. The molecule has 0 amide bonds. The minimum atomic E-state index is -1.08. The van der Waals surface area contributed by atoms with Crippen LogP contribution in [-0.2, 0) is 0 Å². The fourth-order valence-corrected chi connectivity index (χ4v) is 2.50. The van der Waals surface area contributed by atoms with Crippen LogP contribution in [0.2, 0.25) is 5.02 Å². The Hall–Kier alpha value is -3.51. The van der Waals surface area contributed by atoms with Crippen molar-refractivity contribution in [3.05, 3.63) is 82.9 Å². The van der Waals surface area contributed by atoms with Crippen LogP contribution in [0.1, 0.15) is 20.7 Å². The first kappa shape index (κ1) is 18.3. The number of ether oxygens (including phenoxy) is 2. The van der Waals surface area contributed by atoms with E-state index in [1.165, 1.54) is 24.3 Å². The van der Waals surface area contributed by atoms with Crippen molar-refractivity contribution in [2.24, 2.45) is 0 Å². The smallest absolute Gasteiger partial charge is 0.335 e. The Kier molecular flexibility index (Phi) is 5.28. The predicted octanol–water partition coefficient (Wildman–Crippen LogP) is 5.32. The van der Waals surface area contributed by atoms with Crippen molar-refractivity contribution in [3.63, 3.8) is 0 Å². The summed E-state index contributed by atoms with van der Waals surface area (Å²) < 4.78 is 11.5. The molecule has 3 rings (SSSR count). The van der Waals surface area contributed by atoms with Gasteiger partial charge in [-0.3, -0.25) is 0 Å². The van der Waals surface area contributed by atoms with Gasteiger partial charge in [0.2, 0.25) is 0 Å². The quantitative estimate of drug-likeness (QED) is 0.597. The van der Waals surface area contributed by atoms with Crippen LogP contribution in [0.5, 0.6) is 23.0 Å². The Morgan fingerprint density at radius 3 is 1.81 bits per heavy atom. The molecule has 0 fully saturated rings. The van der Waals surface area contributed by atoms with E-state index in [2.05, 4.69) is 0 Å². The van der Waals surface area contributed by atoms with Gasteiger partial charge < -0.3 is 19.7 Å². The highest BCUT2D eigenvalue weighted by Crippen LogP contribution is 2.40. The largest absolute Gasteiger partial charge is 0.478 e. The maximum atomic E-state index is 11.1. The van der Waals surface area contributed by atoms with Crippen LogP contribution in [0.4, 0.5) is 0 Å². The number of hydrogen-bond donors (Lipinski definition) is 2. The lowest BCUT2D eigenvalue weighted by atomic mass is 10.2. The van der Waals surface area contributed by atoms with E-state index in [1.807, 2.05) is 0 Å². The van der Waals surface area contributed by atoms with Crippen LogP contribution in [0.3, 0.4) is 0 Å². The number of aromatic carboxylic acids is 2. The molecule has 0 bridgehead atoms. The molecule has 6 nitrogen and oxygen atoms in total. The third kappa shape index (κ3) is 4.37. The number of hydrogen-bond acceptors (Lipinski definition) is 4. The first-order valence-electron chi connectivity index (χ1n) is 7.75. The Balaban J connectivity index is 1.93. The minimum Gasteiger partial charge on any atom is -0.478 e. The summed E-state index contributed by atoms with van der Waals surface area (Å²) in [6.45, 7) is 0. The summed E-state index contributed by atoms with van der Waals surface area (Å²) in [5.74, 6) is -1.16. The molecule has 27 heavy (non-hydrogen) atoms. The van der Waals surface area contributed by atoms with Gasteiger partial charge in [-0.15, -0.1) is 0 Å². The molecule has 0 radical (unpaired) electrons. The molecular formula is C20H13ClO6. The molecule has 3 aromatic carbocycles. The lowest BCUT2D eigenvalue weighted by molar-refractivity contribution is 0.0685. The van der Waals surface area contributed by atoms with E-state index in [0.717, 1.165) is 0 Å². The van der Waals surface area contributed by atoms with E-state index in [9.17, 15) is 9.59 Å². The zero-order chi connectivity index (χ0) is 19.4.